The number of aromatic nitrogens is 1. The standard InChI is InChI=1S/C30H22Br2N2OS/c31-23-13-9-20(10-14-23)17-22-7-4-8-25-27(22)33-30-34(28(25)21-11-15-24(32)16-12-21)29(35)26(36-30)18-19-5-2-1-3-6-19/h1-3,5-6,9-18,28H,4,7-8H2/b22-17+,26-18+. The van der Waals surface area contributed by atoms with Crippen LogP contribution in [0.2, 0.25) is 0 Å². The largest absolute Gasteiger partial charge is 0.272 e. The van der Waals surface area contributed by atoms with E-state index in [0.29, 0.717) is 4.53 Å². The van der Waals surface area contributed by atoms with Crippen molar-refractivity contribution in [3.05, 3.63) is 141 Å². The Morgan fingerprint density at radius 2 is 1.50 bits per heavy atom. The summed E-state index contributed by atoms with van der Waals surface area (Å²) in [5.41, 5.74) is 6.81. The lowest BCUT2D eigenvalue weighted by Gasteiger charge is -2.31. The Hall–Kier alpha value is -2.80. The molecule has 3 nitrogen and oxygen atoms in total. The van der Waals surface area contributed by atoms with E-state index in [-0.39, 0.29) is 11.6 Å². The number of fused-ring (bicyclic) bond motifs is 1. The average Bonchev–Trinajstić information content (AvgIpc) is 3.20. The molecule has 1 aliphatic carbocycles. The van der Waals surface area contributed by atoms with Crippen LogP contribution in [-0.2, 0) is 0 Å². The van der Waals surface area contributed by atoms with Crippen LogP contribution in [0.1, 0.15) is 42.0 Å². The van der Waals surface area contributed by atoms with Gasteiger partial charge in [0.25, 0.3) is 5.56 Å². The summed E-state index contributed by atoms with van der Waals surface area (Å²) < 4.78 is 4.71. The van der Waals surface area contributed by atoms with Gasteiger partial charge >= 0.3 is 0 Å². The zero-order valence-corrected chi connectivity index (χ0v) is 23.3. The summed E-state index contributed by atoms with van der Waals surface area (Å²) in [5, 5.41) is 0. The molecule has 1 unspecified atom stereocenters. The minimum Gasteiger partial charge on any atom is -0.272 e. The first-order valence-corrected chi connectivity index (χ1v) is 14.3. The van der Waals surface area contributed by atoms with Crippen molar-refractivity contribution in [3.63, 3.8) is 0 Å². The number of hydrogen-bond donors (Lipinski definition) is 0. The smallest absolute Gasteiger partial charge is 0.271 e. The van der Waals surface area contributed by atoms with Crippen molar-refractivity contribution in [1.82, 2.24) is 4.57 Å². The lowest BCUT2D eigenvalue weighted by atomic mass is 9.84. The average molecular weight is 618 g/mol. The van der Waals surface area contributed by atoms with Crippen molar-refractivity contribution in [2.24, 2.45) is 4.99 Å². The lowest BCUT2D eigenvalue weighted by Crippen LogP contribution is -2.39. The van der Waals surface area contributed by atoms with Crippen molar-refractivity contribution in [2.75, 3.05) is 0 Å². The SMILES string of the molecule is O=c1/c(=C\c2ccccc2)sc2n1C(c1ccc(Br)cc1)C1=C(N=2)/C(=C/c2ccc(Br)cc2)CCC1. The topological polar surface area (TPSA) is 34.4 Å². The molecule has 0 saturated carbocycles. The minimum atomic E-state index is -0.157. The van der Waals surface area contributed by atoms with E-state index >= 15 is 0 Å². The molecule has 6 rings (SSSR count). The van der Waals surface area contributed by atoms with Crippen LogP contribution in [0.4, 0.5) is 0 Å². The molecule has 4 aromatic rings. The van der Waals surface area contributed by atoms with Crippen molar-refractivity contribution in [1.29, 1.82) is 0 Å². The highest BCUT2D eigenvalue weighted by Crippen LogP contribution is 2.41. The van der Waals surface area contributed by atoms with Crippen LogP contribution < -0.4 is 14.9 Å². The van der Waals surface area contributed by atoms with Crippen molar-refractivity contribution in [3.8, 4) is 0 Å². The summed E-state index contributed by atoms with van der Waals surface area (Å²) in [7, 11) is 0. The predicted octanol–water partition coefficient (Wildman–Crippen LogP) is 7.01. The maximum atomic E-state index is 13.8. The summed E-state index contributed by atoms with van der Waals surface area (Å²) >= 11 is 8.57. The Morgan fingerprint density at radius 3 is 2.22 bits per heavy atom. The number of halogens is 2. The fourth-order valence-corrected chi connectivity index (χ4v) is 6.49. The fourth-order valence-electron chi connectivity index (χ4n) is 4.96. The third kappa shape index (κ3) is 4.54. The molecule has 0 bridgehead atoms. The van der Waals surface area contributed by atoms with Crippen LogP contribution in [0.5, 0.6) is 0 Å². The van der Waals surface area contributed by atoms with E-state index in [4.69, 9.17) is 4.99 Å². The summed E-state index contributed by atoms with van der Waals surface area (Å²) in [6.45, 7) is 0. The van der Waals surface area contributed by atoms with E-state index in [2.05, 4.69) is 86.5 Å². The van der Waals surface area contributed by atoms with E-state index in [1.54, 1.807) is 0 Å². The number of thiazole rings is 1. The van der Waals surface area contributed by atoms with Crippen molar-refractivity contribution in [2.45, 2.75) is 25.3 Å². The molecule has 0 N–H and O–H groups in total. The molecular weight excluding hydrogens is 596 g/mol. The zero-order chi connectivity index (χ0) is 24.6. The number of nitrogens with zero attached hydrogens (tertiary/aromatic N) is 2. The van der Waals surface area contributed by atoms with Gasteiger partial charge in [0, 0.05) is 8.95 Å². The minimum absolute atomic E-state index is 0.0195. The second-order valence-corrected chi connectivity index (χ2v) is 11.8. The van der Waals surface area contributed by atoms with Gasteiger partial charge in [0.15, 0.2) is 4.80 Å². The Bertz CT molecular complexity index is 1680. The van der Waals surface area contributed by atoms with Crippen LogP contribution in [0.3, 0.4) is 0 Å². The quantitative estimate of drug-likeness (QED) is 0.244. The Labute approximate surface area is 230 Å². The monoisotopic (exact) mass is 616 g/mol. The summed E-state index contributed by atoms with van der Waals surface area (Å²) in [5.74, 6) is 0. The lowest BCUT2D eigenvalue weighted by molar-refractivity contribution is 0.553. The molecule has 178 valence electrons. The van der Waals surface area contributed by atoms with Crippen LogP contribution in [-0.4, -0.2) is 4.57 Å². The number of rotatable bonds is 3. The molecule has 1 atom stereocenters. The normalized spacial score (nSPS) is 18.7. The third-order valence-electron chi connectivity index (χ3n) is 6.63. The van der Waals surface area contributed by atoms with Gasteiger partial charge in [-0.15, -0.1) is 0 Å². The van der Waals surface area contributed by atoms with Gasteiger partial charge < -0.3 is 0 Å². The molecule has 3 aromatic carbocycles. The molecule has 6 heteroatoms. The molecule has 0 amide bonds. The Morgan fingerprint density at radius 1 is 0.833 bits per heavy atom. The summed E-state index contributed by atoms with van der Waals surface area (Å²) in [4.78, 5) is 19.7. The van der Waals surface area contributed by atoms with Crippen LogP contribution in [0.15, 0.2) is 114 Å². The van der Waals surface area contributed by atoms with Gasteiger partial charge in [0.05, 0.1) is 16.3 Å². The molecule has 1 aromatic heterocycles. The maximum absolute atomic E-state index is 13.8. The number of allylic oxidation sites excluding steroid dienone is 2. The Kier molecular flexibility index (Phi) is 6.50. The first-order valence-electron chi connectivity index (χ1n) is 11.9. The van der Waals surface area contributed by atoms with Crippen molar-refractivity contribution < 1.29 is 0 Å². The molecule has 2 heterocycles. The zero-order valence-electron chi connectivity index (χ0n) is 19.3. The highest BCUT2D eigenvalue weighted by Gasteiger charge is 2.32. The van der Waals surface area contributed by atoms with Gasteiger partial charge in [-0.1, -0.05) is 97.8 Å². The highest BCUT2D eigenvalue weighted by atomic mass is 79.9. The van der Waals surface area contributed by atoms with E-state index in [0.717, 1.165) is 55.4 Å². The predicted molar refractivity (Wildman–Crippen MR) is 155 cm³/mol. The van der Waals surface area contributed by atoms with Gasteiger partial charge in [-0.2, -0.15) is 0 Å². The van der Waals surface area contributed by atoms with Gasteiger partial charge in [-0.05, 0) is 83.5 Å². The molecule has 1 aliphatic heterocycles. The van der Waals surface area contributed by atoms with Crippen molar-refractivity contribution >= 4 is 55.3 Å². The molecule has 0 radical (unpaired) electrons. The second kappa shape index (κ2) is 9.92. The molecule has 0 fully saturated rings. The highest BCUT2D eigenvalue weighted by molar-refractivity contribution is 9.10. The second-order valence-electron chi connectivity index (χ2n) is 8.99. The van der Waals surface area contributed by atoms with Crippen LogP contribution in [0, 0.1) is 0 Å². The first kappa shape index (κ1) is 23.6. The maximum Gasteiger partial charge on any atom is 0.271 e. The number of benzene rings is 3. The summed E-state index contributed by atoms with van der Waals surface area (Å²) in [6.07, 6.45) is 7.17. The van der Waals surface area contributed by atoms with E-state index in [1.165, 1.54) is 22.5 Å². The first-order chi connectivity index (χ1) is 17.6. The fraction of sp³-hybridized carbons (Fsp3) is 0.133. The van der Waals surface area contributed by atoms with Gasteiger partial charge in [-0.3, -0.25) is 9.36 Å². The van der Waals surface area contributed by atoms with Crippen LogP contribution in [0.25, 0.3) is 12.2 Å². The van der Waals surface area contributed by atoms with Gasteiger partial charge in [-0.25, -0.2) is 4.99 Å². The van der Waals surface area contributed by atoms with Gasteiger partial charge in [0.1, 0.15) is 0 Å². The van der Waals surface area contributed by atoms with E-state index < -0.39 is 0 Å². The number of hydrogen-bond acceptors (Lipinski definition) is 3. The van der Waals surface area contributed by atoms with E-state index in [9.17, 15) is 4.79 Å². The molecule has 36 heavy (non-hydrogen) atoms. The molecule has 0 spiro atoms. The van der Waals surface area contributed by atoms with E-state index in [1.807, 2.05) is 41.0 Å². The summed E-state index contributed by atoms with van der Waals surface area (Å²) in [6, 6.07) is 26.6. The Balaban J connectivity index is 1.58. The third-order valence-corrected chi connectivity index (χ3v) is 8.67. The van der Waals surface area contributed by atoms with Gasteiger partial charge in [0.2, 0.25) is 0 Å². The molecule has 0 saturated heterocycles. The van der Waals surface area contributed by atoms with Crippen LogP contribution >= 0.6 is 43.2 Å². The molecule has 2 aliphatic rings. The molecular formula is C30H22Br2N2OS.